The predicted molar refractivity (Wildman–Crippen MR) is 58.6 cm³/mol. The number of piperidine rings is 1. The molecule has 1 aliphatic heterocycles. The summed E-state index contributed by atoms with van der Waals surface area (Å²) < 4.78 is 0. The molecule has 0 aromatic carbocycles. The highest BCUT2D eigenvalue weighted by molar-refractivity contribution is 5.04. The first-order valence-electron chi connectivity index (χ1n) is 5.10. The van der Waals surface area contributed by atoms with E-state index in [0.717, 1.165) is 6.54 Å². The highest BCUT2D eigenvalue weighted by Crippen LogP contribution is 2.37. The maximum absolute atomic E-state index is 3.83. The Morgan fingerprint density at radius 2 is 1.69 bits per heavy atom. The van der Waals surface area contributed by atoms with E-state index in [4.69, 9.17) is 0 Å². The Morgan fingerprint density at radius 1 is 1.23 bits per heavy atom. The summed E-state index contributed by atoms with van der Waals surface area (Å²) in [6.45, 7) is 14.1. The zero-order valence-electron chi connectivity index (χ0n) is 9.43. The Labute approximate surface area is 82.8 Å². The molecular formula is C12H22N. The van der Waals surface area contributed by atoms with E-state index in [-0.39, 0.29) is 11.1 Å². The zero-order chi connectivity index (χ0) is 10.1. The van der Waals surface area contributed by atoms with Gasteiger partial charge in [0.1, 0.15) is 0 Å². The number of nitrogens with zero attached hydrogens (tertiary/aromatic N) is 1. The van der Waals surface area contributed by atoms with Gasteiger partial charge >= 0.3 is 0 Å². The second kappa shape index (κ2) is 3.45. The molecule has 0 unspecified atom stereocenters. The van der Waals surface area contributed by atoms with Crippen molar-refractivity contribution in [2.45, 2.75) is 51.6 Å². The molecule has 0 aromatic rings. The Morgan fingerprint density at radius 3 is 2.08 bits per heavy atom. The molecule has 0 saturated carbocycles. The summed E-state index contributed by atoms with van der Waals surface area (Å²) in [7, 11) is 0. The summed E-state index contributed by atoms with van der Waals surface area (Å²) >= 11 is 0. The van der Waals surface area contributed by atoms with Gasteiger partial charge in [-0.1, -0.05) is 6.08 Å². The first-order chi connectivity index (χ1) is 5.90. The van der Waals surface area contributed by atoms with Crippen LogP contribution in [0, 0.1) is 6.42 Å². The monoisotopic (exact) mass is 180 g/mol. The molecule has 1 nitrogen and oxygen atoms in total. The second-order valence-corrected chi connectivity index (χ2v) is 5.22. The van der Waals surface area contributed by atoms with Crippen LogP contribution in [0.25, 0.3) is 0 Å². The van der Waals surface area contributed by atoms with Crippen molar-refractivity contribution in [3.8, 4) is 0 Å². The molecule has 0 bridgehead atoms. The van der Waals surface area contributed by atoms with Gasteiger partial charge in [0.25, 0.3) is 0 Å². The molecule has 1 fully saturated rings. The lowest BCUT2D eigenvalue weighted by Gasteiger charge is -2.52. The molecule has 0 amide bonds. The summed E-state index contributed by atoms with van der Waals surface area (Å²) in [6, 6.07) is 0. The maximum Gasteiger partial charge on any atom is 0.0171 e. The first-order valence-corrected chi connectivity index (χ1v) is 5.10. The molecule has 0 aliphatic carbocycles. The van der Waals surface area contributed by atoms with Gasteiger partial charge < -0.3 is 0 Å². The molecule has 0 spiro atoms. The van der Waals surface area contributed by atoms with Crippen molar-refractivity contribution in [1.82, 2.24) is 4.90 Å². The van der Waals surface area contributed by atoms with Crippen LogP contribution in [-0.4, -0.2) is 22.5 Å². The number of hydrogen-bond acceptors (Lipinski definition) is 1. The van der Waals surface area contributed by atoms with Crippen molar-refractivity contribution in [1.29, 1.82) is 0 Å². The predicted octanol–water partition coefficient (Wildman–Crippen LogP) is 3.03. The van der Waals surface area contributed by atoms with Crippen LogP contribution in [0.5, 0.6) is 0 Å². The van der Waals surface area contributed by atoms with Gasteiger partial charge in [-0.05, 0) is 47.0 Å². The van der Waals surface area contributed by atoms with E-state index < -0.39 is 0 Å². The standard InChI is InChI=1S/C12H22N/c1-6-10-13-11(2,3)8-7-9-12(13,4)5/h6-7H,1,8-10H2,2-5H3. The molecule has 75 valence electrons. The minimum atomic E-state index is 0.288. The maximum atomic E-state index is 3.83. The van der Waals surface area contributed by atoms with Crippen LogP contribution in [0.4, 0.5) is 0 Å². The van der Waals surface area contributed by atoms with Gasteiger partial charge in [-0.25, -0.2) is 0 Å². The number of hydrogen-bond donors (Lipinski definition) is 0. The van der Waals surface area contributed by atoms with Crippen molar-refractivity contribution in [2.24, 2.45) is 0 Å². The van der Waals surface area contributed by atoms with Crippen LogP contribution in [0.2, 0.25) is 0 Å². The van der Waals surface area contributed by atoms with Crippen LogP contribution < -0.4 is 0 Å². The van der Waals surface area contributed by atoms with Crippen molar-refractivity contribution >= 4 is 0 Å². The molecule has 1 rings (SSSR count). The third kappa shape index (κ3) is 2.14. The molecular weight excluding hydrogens is 158 g/mol. The molecule has 13 heavy (non-hydrogen) atoms. The molecule has 1 saturated heterocycles. The van der Waals surface area contributed by atoms with E-state index >= 15 is 0 Å². The molecule has 1 aliphatic rings. The van der Waals surface area contributed by atoms with Gasteiger partial charge in [0.05, 0.1) is 0 Å². The van der Waals surface area contributed by atoms with Gasteiger partial charge in [0.15, 0.2) is 0 Å². The molecule has 1 heteroatoms. The van der Waals surface area contributed by atoms with E-state index in [1.165, 1.54) is 12.8 Å². The summed E-state index contributed by atoms with van der Waals surface area (Å²) in [5, 5.41) is 0. The average molecular weight is 180 g/mol. The lowest BCUT2D eigenvalue weighted by molar-refractivity contribution is 0.00349. The van der Waals surface area contributed by atoms with Crippen LogP contribution >= 0.6 is 0 Å². The minimum absolute atomic E-state index is 0.288. The minimum Gasteiger partial charge on any atom is -0.289 e. The van der Waals surface area contributed by atoms with E-state index in [0.29, 0.717) is 0 Å². The van der Waals surface area contributed by atoms with Gasteiger partial charge in [0.2, 0.25) is 0 Å². The second-order valence-electron chi connectivity index (χ2n) is 5.22. The fourth-order valence-electron chi connectivity index (χ4n) is 2.44. The molecule has 0 N–H and O–H groups in total. The van der Waals surface area contributed by atoms with Gasteiger partial charge in [0, 0.05) is 17.6 Å². The van der Waals surface area contributed by atoms with Crippen LogP contribution in [0.1, 0.15) is 40.5 Å². The summed E-state index contributed by atoms with van der Waals surface area (Å²) in [4.78, 5) is 2.55. The van der Waals surface area contributed by atoms with Crippen molar-refractivity contribution in [3.05, 3.63) is 19.1 Å². The van der Waals surface area contributed by atoms with Crippen LogP contribution in [-0.2, 0) is 0 Å². The lowest BCUT2D eigenvalue weighted by Crippen LogP contribution is -2.58. The molecule has 0 atom stereocenters. The Balaban J connectivity index is 2.83. The summed E-state index contributed by atoms with van der Waals surface area (Å²) in [5.74, 6) is 0. The third-order valence-electron chi connectivity index (χ3n) is 3.06. The Hall–Kier alpha value is -0.300. The SMILES string of the molecule is C=CCN1C(C)(C)C[CH]CC1(C)C. The summed E-state index contributed by atoms with van der Waals surface area (Å²) in [6.07, 6.45) is 6.79. The van der Waals surface area contributed by atoms with E-state index in [1.54, 1.807) is 0 Å². The first kappa shape index (κ1) is 10.8. The van der Waals surface area contributed by atoms with Crippen molar-refractivity contribution in [2.75, 3.05) is 6.54 Å². The van der Waals surface area contributed by atoms with Gasteiger partial charge in [-0.2, -0.15) is 0 Å². The zero-order valence-corrected chi connectivity index (χ0v) is 9.43. The Kier molecular flexibility index (Phi) is 2.86. The van der Waals surface area contributed by atoms with E-state index in [2.05, 4.69) is 45.6 Å². The fourth-order valence-corrected chi connectivity index (χ4v) is 2.44. The van der Waals surface area contributed by atoms with Gasteiger partial charge in [-0.3, -0.25) is 4.90 Å². The topological polar surface area (TPSA) is 3.24 Å². The van der Waals surface area contributed by atoms with Crippen molar-refractivity contribution < 1.29 is 0 Å². The largest absolute Gasteiger partial charge is 0.289 e. The van der Waals surface area contributed by atoms with E-state index in [1.807, 2.05) is 6.08 Å². The van der Waals surface area contributed by atoms with Crippen molar-refractivity contribution in [3.63, 3.8) is 0 Å². The summed E-state index contributed by atoms with van der Waals surface area (Å²) in [5.41, 5.74) is 0.575. The quantitative estimate of drug-likeness (QED) is 0.590. The van der Waals surface area contributed by atoms with Crippen LogP contribution in [0.3, 0.4) is 0 Å². The smallest absolute Gasteiger partial charge is 0.0171 e. The Bertz CT molecular complexity index is 175. The molecule has 0 aromatic heterocycles. The fraction of sp³-hybridized carbons (Fsp3) is 0.750. The van der Waals surface area contributed by atoms with Gasteiger partial charge in [-0.15, -0.1) is 6.58 Å². The molecule has 1 heterocycles. The van der Waals surface area contributed by atoms with E-state index in [9.17, 15) is 0 Å². The lowest BCUT2D eigenvalue weighted by atomic mass is 9.80. The van der Waals surface area contributed by atoms with Crippen LogP contribution in [0.15, 0.2) is 12.7 Å². The third-order valence-corrected chi connectivity index (χ3v) is 3.06. The highest BCUT2D eigenvalue weighted by Gasteiger charge is 2.40. The normalized spacial score (nSPS) is 27.1. The average Bonchev–Trinajstić information content (AvgIpc) is 1.96. The number of likely N-dealkylation sites (tertiary alicyclic amines) is 1. The highest BCUT2D eigenvalue weighted by atomic mass is 15.2. The molecule has 1 radical (unpaired) electrons. The number of rotatable bonds is 2.